The van der Waals surface area contributed by atoms with Crippen molar-refractivity contribution in [3.8, 4) is 11.5 Å². The number of hydrogen-bond donors (Lipinski definition) is 0. The van der Waals surface area contributed by atoms with Crippen LogP contribution in [0.2, 0.25) is 0 Å². The van der Waals surface area contributed by atoms with Crippen LogP contribution in [-0.2, 0) is 6.54 Å². The number of likely N-dealkylation sites (tertiary alicyclic amines) is 1. The van der Waals surface area contributed by atoms with Crippen LogP contribution in [0.1, 0.15) is 22.1 Å². The van der Waals surface area contributed by atoms with Gasteiger partial charge in [-0.15, -0.1) is 5.10 Å². The molecule has 1 amide bonds. The van der Waals surface area contributed by atoms with E-state index in [-0.39, 0.29) is 11.9 Å². The maximum atomic E-state index is 13.0. The number of hydrogen-bond acceptors (Lipinski definition) is 6. The molecule has 2 aromatic heterocycles. The molecule has 2 aromatic carbocycles. The van der Waals surface area contributed by atoms with Gasteiger partial charge in [0.05, 0.1) is 30.2 Å². The molecule has 0 N–H and O–H groups in total. The van der Waals surface area contributed by atoms with Crippen molar-refractivity contribution in [2.75, 3.05) is 13.1 Å². The molecule has 0 atom stereocenters. The van der Waals surface area contributed by atoms with Crippen LogP contribution >= 0.6 is 0 Å². The van der Waals surface area contributed by atoms with Gasteiger partial charge in [-0.3, -0.25) is 4.79 Å². The molecule has 1 aliphatic rings. The highest BCUT2D eigenvalue weighted by Crippen LogP contribution is 2.29. The predicted octanol–water partition coefficient (Wildman–Crippen LogP) is 2.41. The number of aromatic nitrogens is 6. The molecule has 5 rings (SSSR count). The van der Waals surface area contributed by atoms with Crippen molar-refractivity contribution in [3.63, 3.8) is 0 Å². The lowest BCUT2D eigenvalue weighted by Crippen LogP contribution is -2.51. The van der Waals surface area contributed by atoms with Gasteiger partial charge in [-0.25, -0.2) is 4.68 Å². The second-order valence-corrected chi connectivity index (χ2v) is 7.02. The zero-order valence-electron chi connectivity index (χ0n) is 16.1. The molecule has 0 bridgehead atoms. The van der Waals surface area contributed by atoms with E-state index in [2.05, 4.69) is 20.5 Å². The Morgan fingerprint density at radius 2 is 1.73 bits per heavy atom. The summed E-state index contributed by atoms with van der Waals surface area (Å²) in [6, 6.07) is 16.8. The zero-order valence-corrected chi connectivity index (χ0v) is 16.1. The lowest BCUT2D eigenvalue weighted by Gasteiger charge is -2.39. The van der Waals surface area contributed by atoms with Gasteiger partial charge in [-0.05, 0) is 24.3 Å². The van der Waals surface area contributed by atoms with Crippen LogP contribution in [0.15, 0.2) is 73.2 Å². The van der Waals surface area contributed by atoms with Gasteiger partial charge in [0.25, 0.3) is 5.91 Å². The highest BCUT2D eigenvalue weighted by molar-refractivity contribution is 5.97. The Hall–Kier alpha value is -4.01. The van der Waals surface area contributed by atoms with Crippen LogP contribution in [0.3, 0.4) is 0 Å². The van der Waals surface area contributed by atoms with Crippen LogP contribution in [0.25, 0.3) is 0 Å². The summed E-state index contributed by atoms with van der Waals surface area (Å²) in [5.41, 5.74) is 1.32. The fourth-order valence-corrected chi connectivity index (χ4v) is 3.34. The number of carbonyl (C=O) groups excluding carboxylic acids is 1. The van der Waals surface area contributed by atoms with Crippen LogP contribution in [0.4, 0.5) is 0 Å². The molecular weight excluding hydrogens is 382 g/mol. The summed E-state index contributed by atoms with van der Waals surface area (Å²) < 4.78 is 7.73. The molecule has 1 fully saturated rings. The molecule has 1 aliphatic heterocycles. The molecule has 3 heterocycles. The monoisotopic (exact) mass is 401 g/mol. The number of carbonyl (C=O) groups is 1. The highest BCUT2D eigenvalue weighted by atomic mass is 16.5. The molecular formula is C21H19N7O2. The molecule has 30 heavy (non-hydrogen) atoms. The van der Waals surface area contributed by atoms with Gasteiger partial charge in [0.15, 0.2) is 0 Å². The molecule has 9 nitrogen and oxygen atoms in total. The van der Waals surface area contributed by atoms with E-state index >= 15 is 0 Å². The van der Waals surface area contributed by atoms with Gasteiger partial charge >= 0.3 is 0 Å². The molecule has 1 saturated heterocycles. The van der Waals surface area contributed by atoms with Crippen molar-refractivity contribution >= 4 is 5.91 Å². The third-order valence-corrected chi connectivity index (χ3v) is 4.94. The van der Waals surface area contributed by atoms with E-state index in [4.69, 9.17) is 4.74 Å². The summed E-state index contributed by atoms with van der Waals surface area (Å²) in [7, 11) is 0. The predicted molar refractivity (Wildman–Crippen MR) is 107 cm³/mol. The summed E-state index contributed by atoms with van der Waals surface area (Å²) in [6.07, 6.45) is 5.13. The SMILES string of the molecule is O=C(c1ccccc1Oc1ccccc1)N1CC(n2cc(Cn3nccn3)nn2)C1. The fraction of sp³-hybridized carbons (Fsp3) is 0.190. The number of rotatable bonds is 6. The Morgan fingerprint density at radius 1 is 1.00 bits per heavy atom. The quantitative estimate of drug-likeness (QED) is 0.493. The fourth-order valence-electron chi connectivity index (χ4n) is 3.34. The van der Waals surface area contributed by atoms with E-state index in [9.17, 15) is 4.79 Å². The number of benzene rings is 2. The van der Waals surface area contributed by atoms with Crippen LogP contribution in [0, 0.1) is 0 Å². The number of ether oxygens (including phenoxy) is 1. The summed E-state index contributed by atoms with van der Waals surface area (Å²) in [6.45, 7) is 1.61. The van der Waals surface area contributed by atoms with Crippen molar-refractivity contribution in [1.29, 1.82) is 0 Å². The summed E-state index contributed by atoms with van der Waals surface area (Å²) in [5, 5.41) is 16.5. The molecule has 0 spiro atoms. The normalized spacial score (nSPS) is 13.8. The van der Waals surface area contributed by atoms with Gasteiger partial charge in [-0.2, -0.15) is 15.0 Å². The average molecular weight is 401 g/mol. The maximum Gasteiger partial charge on any atom is 0.257 e. The van der Waals surface area contributed by atoms with Gasteiger partial charge in [-0.1, -0.05) is 35.5 Å². The largest absolute Gasteiger partial charge is 0.457 e. The average Bonchev–Trinajstić information content (AvgIpc) is 3.41. The van der Waals surface area contributed by atoms with E-state index in [1.165, 1.54) is 0 Å². The topological polar surface area (TPSA) is 91.0 Å². The van der Waals surface area contributed by atoms with Gasteiger partial charge in [0, 0.05) is 13.1 Å². The summed E-state index contributed by atoms with van der Waals surface area (Å²) in [4.78, 5) is 16.3. The lowest BCUT2D eigenvalue weighted by atomic mass is 10.1. The molecule has 9 heteroatoms. The first-order chi connectivity index (χ1) is 14.8. The molecule has 0 saturated carbocycles. The van der Waals surface area contributed by atoms with Crippen molar-refractivity contribution in [1.82, 2.24) is 34.9 Å². The minimum Gasteiger partial charge on any atom is -0.457 e. The summed E-state index contributed by atoms with van der Waals surface area (Å²) >= 11 is 0. The lowest BCUT2D eigenvalue weighted by molar-refractivity contribution is 0.0496. The van der Waals surface area contributed by atoms with Crippen LogP contribution in [0.5, 0.6) is 11.5 Å². The minimum atomic E-state index is -0.0566. The Labute approximate surface area is 172 Å². The Bertz CT molecular complexity index is 1140. The Morgan fingerprint density at radius 3 is 2.53 bits per heavy atom. The number of nitrogens with zero attached hydrogens (tertiary/aromatic N) is 7. The number of amides is 1. The molecule has 0 aliphatic carbocycles. The zero-order chi connectivity index (χ0) is 20.3. The third-order valence-electron chi connectivity index (χ3n) is 4.94. The molecule has 0 unspecified atom stereocenters. The van der Waals surface area contributed by atoms with Crippen molar-refractivity contribution in [2.45, 2.75) is 12.6 Å². The maximum absolute atomic E-state index is 13.0. The Kier molecular flexibility index (Phi) is 4.68. The van der Waals surface area contributed by atoms with E-state index < -0.39 is 0 Å². The second kappa shape index (κ2) is 7.78. The van der Waals surface area contributed by atoms with Gasteiger partial charge in [0.2, 0.25) is 0 Å². The Balaban J connectivity index is 1.24. The first-order valence-electron chi connectivity index (χ1n) is 9.62. The first kappa shape index (κ1) is 18.0. The van der Waals surface area contributed by atoms with E-state index in [0.717, 1.165) is 5.69 Å². The van der Waals surface area contributed by atoms with Crippen LogP contribution < -0.4 is 4.74 Å². The number of para-hydroxylation sites is 2. The van der Waals surface area contributed by atoms with Crippen LogP contribution in [-0.4, -0.2) is 53.9 Å². The molecule has 4 aromatic rings. The molecule has 150 valence electrons. The smallest absolute Gasteiger partial charge is 0.257 e. The third kappa shape index (κ3) is 3.64. The summed E-state index contributed by atoms with van der Waals surface area (Å²) in [5.74, 6) is 1.19. The van der Waals surface area contributed by atoms with Gasteiger partial charge < -0.3 is 9.64 Å². The van der Waals surface area contributed by atoms with Crippen molar-refractivity contribution in [2.24, 2.45) is 0 Å². The van der Waals surface area contributed by atoms with Crippen molar-refractivity contribution in [3.05, 3.63) is 84.4 Å². The van der Waals surface area contributed by atoms with E-state index in [1.54, 1.807) is 32.8 Å². The van der Waals surface area contributed by atoms with E-state index in [0.29, 0.717) is 36.7 Å². The minimum absolute atomic E-state index is 0.0566. The first-order valence-corrected chi connectivity index (χ1v) is 9.62. The standard InChI is InChI=1S/C21H19N7O2/c29-21(19-8-4-5-9-20(19)30-18-6-2-1-3-7-18)26-14-17(15-26)27-12-16(24-25-27)13-28-22-10-11-23-28/h1-12,17H,13-15H2. The van der Waals surface area contributed by atoms with E-state index in [1.807, 2.05) is 54.7 Å². The van der Waals surface area contributed by atoms with Crippen molar-refractivity contribution < 1.29 is 9.53 Å². The van der Waals surface area contributed by atoms with Gasteiger partial charge in [0.1, 0.15) is 23.7 Å². The second-order valence-electron chi connectivity index (χ2n) is 7.02. The molecule has 0 radical (unpaired) electrons. The highest BCUT2D eigenvalue weighted by Gasteiger charge is 2.34.